The molecule has 5 aliphatic rings. The molecule has 3 unspecified atom stereocenters. The van der Waals surface area contributed by atoms with Gasteiger partial charge in [-0.1, -0.05) is 6.92 Å². The zero-order valence-electron chi connectivity index (χ0n) is 15.4. The molecule has 1 aliphatic heterocycles. The maximum absolute atomic E-state index is 12.7. The fraction of sp³-hybridized carbons (Fsp3) is 0.667. The first-order valence-electron chi connectivity index (χ1n) is 10.1. The van der Waals surface area contributed by atoms with Gasteiger partial charge < -0.3 is 10.4 Å². The molecule has 26 heavy (non-hydrogen) atoms. The fourth-order valence-corrected chi connectivity index (χ4v) is 6.15. The van der Waals surface area contributed by atoms with Gasteiger partial charge in [0.1, 0.15) is 5.69 Å². The summed E-state index contributed by atoms with van der Waals surface area (Å²) in [4.78, 5) is 21.7. The van der Waals surface area contributed by atoms with Crippen molar-refractivity contribution in [1.82, 2.24) is 4.98 Å². The first-order valence-corrected chi connectivity index (χ1v) is 10.1. The van der Waals surface area contributed by atoms with Gasteiger partial charge in [0, 0.05) is 31.3 Å². The van der Waals surface area contributed by atoms with Crippen LogP contribution in [0.5, 0.6) is 0 Å². The summed E-state index contributed by atoms with van der Waals surface area (Å²) in [6, 6.07) is 0.335. The van der Waals surface area contributed by atoms with Crippen LogP contribution in [-0.2, 0) is 6.42 Å². The zero-order valence-corrected chi connectivity index (χ0v) is 15.4. The number of Topliss-reactive ketones (excluding diaryl/α,β-unsaturated/α-hetero) is 1. The van der Waals surface area contributed by atoms with E-state index in [9.17, 15) is 9.90 Å². The first kappa shape index (κ1) is 16.4. The predicted molar refractivity (Wildman–Crippen MR) is 101 cm³/mol. The second-order valence-corrected chi connectivity index (χ2v) is 8.90. The van der Waals surface area contributed by atoms with Gasteiger partial charge in [0.15, 0.2) is 5.78 Å². The summed E-state index contributed by atoms with van der Waals surface area (Å²) in [5.41, 5.74) is 2.97. The number of fused-ring (bicyclic) bond motifs is 1. The van der Waals surface area contributed by atoms with Gasteiger partial charge in [0.25, 0.3) is 0 Å². The van der Waals surface area contributed by atoms with Crippen LogP contribution in [0.15, 0.2) is 11.2 Å². The van der Waals surface area contributed by atoms with Crippen molar-refractivity contribution < 1.29 is 9.90 Å². The number of nitrogens with zero attached hydrogens (tertiary/aromatic N) is 2. The fourth-order valence-electron chi connectivity index (χ4n) is 6.15. The maximum Gasteiger partial charge on any atom is 0.166 e. The Morgan fingerprint density at radius 2 is 2.08 bits per heavy atom. The van der Waals surface area contributed by atoms with Crippen molar-refractivity contribution in [2.45, 2.75) is 69.9 Å². The molecule has 0 aromatic carbocycles. The minimum atomic E-state index is -0.437. The van der Waals surface area contributed by atoms with Gasteiger partial charge in [-0.25, -0.2) is 0 Å². The van der Waals surface area contributed by atoms with Crippen molar-refractivity contribution in [3.8, 4) is 0 Å². The summed E-state index contributed by atoms with van der Waals surface area (Å²) >= 11 is 0. The Kier molecular flexibility index (Phi) is 3.71. The third-order valence-electron chi connectivity index (χ3n) is 6.96. The van der Waals surface area contributed by atoms with E-state index in [0.29, 0.717) is 35.8 Å². The predicted octanol–water partition coefficient (Wildman–Crippen LogP) is 3.67. The molecule has 2 heterocycles. The molecule has 2 N–H and O–H groups in total. The lowest BCUT2D eigenvalue weighted by Crippen LogP contribution is -2.59. The average Bonchev–Trinajstić information content (AvgIpc) is 3.05. The number of aromatic nitrogens is 1. The third-order valence-corrected chi connectivity index (χ3v) is 6.96. The Bertz CT molecular complexity index is 772. The molecule has 1 aromatic heterocycles. The number of nitrogens with one attached hydrogen (secondary N) is 1. The highest BCUT2D eigenvalue weighted by atomic mass is 16.3. The Morgan fingerprint density at radius 3 is 2.77 bits per heavy atom. The molecule has 4 fully saturated rings. The van der Waals surface area contributed by atoms with Gasteiger partial charge in [0.05, 0.1) is 22.5 Å². The van der Waals surface area contributed by atoms with Crippen molar-refractivity contribution in [3.63, 3.8) is 0 Å². The lowest BCUT2D eigenvalue weighted by Gasteiger charge is -2.58. The number of hydrogen-bond acceptors (Lipinski definition) is 5. The number of ketones is 1. The molecule has 4 saturated carbocycles. The number of aliphatic hydroxyl groups is 1. The van der Waals surface area contributed by atoms with Crippen molar-refractivity contribution in [3.05, 3.63) is 17.5 Å². The largest absolute Gasteiger partial charge is 0.390 e. The SMILES string of the molecule is CCCC(=O)c1cnc2c(c1NC1[C@@H]3CC4C[C@H]1CC(O)(C4)C3)N=CC2. The van der Waals surface area contributed by atoms with Crippen molar-refractivity contribution in [2.75, 3.05) is 5.32 Å². The number of anilines is 1. The highest BCUT2D eigenvalue weighted by Gasteiger charge is 2.54. The van der Waals surface area contributed by atoms with Crippen molar-refractivity contribution >= 4 is 23.4 Å². The minimum Gasteiger partial charge on any atom is -0.390 e. The number of rotatable bonds is 5. The average molecular weight is 353 g/mol. The van der Waals surface area contributed by atoms with E-state index in [4.69, 9.17) is 0 Å². The normalized spacial score (nSPS) is 36.4. The molecule has 5 atom stereocenters. The summed E-state index contributed by atoms with van der Waals surface area (Å²) in [6.45, 7) is 2.03. The molecule has 5 heteroatoms. The number of carbonyl (C=O) groups is 1. The van der Waals surface area contributed by atoms with Crippen LogP contribution >= 0.6 is 0 Å². The van der Waals surface area contributed by atoms with E-state index < -0.39 is 5.60 Å². The molecule has 6 rings (SSSR count). The zero-order chi connectivity index (χ0) is 17.9. The Morgan fingerprint density at radius 1 is 1.31 bits per heavy atom. The van der Waals surface area contributed by atoms with Gasteiger partial charge in [-0.3, -0.25) is 14.8 Å². The Hall–Kier alpha value is -1.75. The van der Waals surface area contributed by atoms with Gasteiger partial charge >= 0.3 is 0 Å². The quantitative estimate of drug-likeness (QED) is 0.792. The molecule has 0 amide bonds. The van der Waals surface area contributed by atoms with Crippen LogP contribution in [0.4, 0.5) is 11.4 Å². The maximum atomic E-state index is 12.7. The van der Waals surface area contributed by atoms with Crippen LogP contribution in [-0.4, -0.2) is 33.7 Å². The summed E-state index contributed by atoms with van der Waals surface area (Å²) in [6.07, 6.45) is 10.9. The topological polar surface area (TPSA) is 74.6 Å². The van der Waals surface area contributed by atoms with E-state index in [0.717, 1.165) is 49.2 Å². The molecule has 1 aromatic rings. The summed E-state index contributed by atoms with van der Waals surface area (Å²) in [5.74, 6) is 1.82. The molecule has 4 bridgehead atoms. The highest BCUT2D eigenvalue weighted by molar-refractivity contribution is 6.04. The molecular weight excluding hydrogens is 326 g/mol. The Labute approximate surface area is 154 Å². The summed E-state index contributed by atoms with van der Waals surface area (Å²) in [7, 11) is 0. The van der Waals surface area contributed by atoms with Crippen LogP contribution in [0.25, 0.3) is 0 Å². The molecule has 0 spiro atoms. The van der Waals surface area contributed by atoms with Crippen LogP contribution in [0.2, 0.25) is 0 Å². The van der Waals surface area contributed by atoms with E-state index in [1.165, 1.54) is 12.8 Å². The monoisotopic (exact) mass is 353 g/mol. The Balaban J connectivity index is 1.50. The lowest BCUT2D eigenvalue weighted by molar-refractivity contribution is -0.129. The van der Waals surface area contributed by atoms with Crippen molar-refractivity contribution in [2.24, 2.45) is 22.7 Å². The molecule has 0 saturated heterocycles. The molecule has 5 nitrogen and oxygen atoms in total. The van der Waals surface area contributed by atoms with E-state index in [2.05, 4.69) is 15.3 Å². The van der Waals surface area contributed by atoms with E-state index in [1.807, 2.05) is 13.1 Å². The lowest BCUT2D eigenvalue weighted by atomic mass is 9.52. The second kappa shape index (κ2) is 5.88. The molecule has 4 aliphatic carbocycles. The van der Waals surface area contributed by atoms with Gasteiger partial charge in [-0.2, -0.15) is 0 Å². The minimum absolute atomic E-state index is 0.148. The number of aliphatic imine (C=N–C) groups is 1. The standard InChI is InChI=1S/C21H27N3O2/c1-2-3-17(25)15-11-23-16-4-5-22-20(16)19(15)24-18-13-6-12-7-14(18)10-21(26,8-12)9-13/h5,11-14,18,26H,2-4,6-10H2,1H3,(H,23,24)/t12?,13-,14+,18?,21?. The van der Waals surface area contributed by atoms with Gasteiger partial charge in [0.2, 0.25) is 0 Å². The first-order chi connectivity index (χ1) is 12.6. The van der Waals surface area contributed by atoms with Crippen LogP contribution in [0, 0.1) is 17.8 Å². The van der Waals surface area contributed by atoms with E-state index in [1.54, 1.807) is 6.20 Å². The van der Waals surface area contributed by atoms with Crippen LogP contribution in [0.1, 0.15) is 67.9 Å². The van der Waals surface area contributed by atoms with E-state index >= 15 is 0 Å². The number of hydrogen-bond donors (Lipinski definition) is 2. The summed E-state index contributed by atoms with van der Waals surface area (Å²) < 4.78 is 0. The molecule has 138 valence electrons. The summed E-state index contributed by atoms with van der Waals surface area (Å²) in [5, 5.41) is 14.6. The third kappa shape index (κ3) is 2.51. The smallest absolute Gasteiger partial charge is 0.166 e. The van der Waals surface area contributed by atoms with Crippen molar-refractivity contribution in [1.29, 1.82) is 0 Å². The number of pyridine rings is 1. The highest BCUT2D eigenvalue weighted by Crippen LogP contribution is 2.56. The number of carbonyl (C=O) groups excluding carboxylic acids is 1. The second-order valence-electron chi connectivity index (χ2n) is 8.90. The van der Waals surface area contributed by atoms with Crippen LogP contribution in [0.3, 0.4) is 0 Å². The molecule has 0 radical (unpaired) electrons. The van der Waals surface area contributed by atoms with E-state index in [-0.39, 0.29) is 5.78 Å². The molecular formula is C21H27N3O2. The van der Waals surface area contributed by atoms with Gasteiger partial charge in [-0.15, -0.1) is 0 Å². The van der Waals surface area contributed by atoms with Gasteiger partial charge in [-0.05, 0) is 56.3 Å². The van der Waals surface area contributed by atoms with Crippen LogP contribution < -0.4 is 5.32 Å².